The summed E-state index contributed by atoms with van der Waals surface area (Å²) < 4.78 is 13.5. The number of furan rings is 1. The van der Waals surface area contributed by atoms with E-state index < -0.39 is 12.0 Å². The number of carbonyl (C=O) groups excluding carboxylic acids is 1. The standard InChI is InChI=1S/C23H22BrN3O4S/c1-5-30-22(29)19-13(2)25-23-27(20(19)14-6-8-15(9-7-14)26(3)4)21(28)17(32-23)12-16-10-11-18(24)31-16/h6-12,20H,5H2,1-4H3/b17-12-/t20-/m0/s1. The molecule has 7 nitrogen and oxygen atoms in total. The maximum Gasteiger partial charge on any atom is 0.338 e. The summed E-state index contributed by atoms with van der Waals surface area (Å²) in [6.07, 6.45) is 1.68. The molecule has 0 saturated heterocycles. The molecular weight excluding hydrogens is 494 g/mol. The number of carbonyl (C=O) groups is 1. The van der Waals surface area contributed by atoms with Gasteiger partial charge in [0, 0.05) is 25.9 Å². The molecule has 1 aliphatic rings. The van der Waals surface area contributed by atoms with Crippen molar-refractivity contribution in [3.8, 4) is 0 Å². The molecule has 0 amide bonds. The molecule has 9 heteroatoms. The van der Waals surface area contributed by atoms with E-state index in [1.807, 2.05) is 43.3 Å². The Morgan fingerprint density at radius 2 is 2.00 bits per heavy atom. The molecule has 166 valence electrons. The summed E-state index contributed by atoms with van der Waals surface area (Å²) in [5.41, 5.74) is 2.49. The third-order valence-corrected chi connectivity index (χ3v) is 6.52. The number of hydrogen-bond donors (Lipinski definition) is 0. The fourth-order valence-corrected chi connectivity index (χ4v) is 4.94. The van der Waals surface area contributed by atoms with Crippen LogP contribution in [0.3, 0.4) is 0 Å². The SMILES string of the molecule is CCOC(=O)C1=C(C)N=c2s/c(=C\c3ccc(Br)o3)c(=O)n2[C@H]1c1ccc(N(C)C)cc1. The van der Waals surface area contributed by atoms with Crippen LogP contribution in [0, 0.1) is 0 Å². The van der Waals surface area contributed by atoms with Gasteiger partial charge in [0.2, 0.25) is 0 Å². The molecule has 0 aliphatic carbocycles. The van der Waals surface area contributed by atoms with Crippen molar-refractivity contribution in [2.75, 3.05) is 25.6 Å². The van der Waals surface area contributed by atoms with Crippen molar-refractivity contribution in [3.63, 3.8) is 0 Å². The van der Waals surface area contributed by atoms with E-state index in [0.29, 0.717) is 31.0 Å². The van der Waals surface area contributed by atoms with E-state index in [1.165, 1.54) is 11.3 Å². The highest BCUT2D eigenvalue weighted by atomic mass is 79.9. The lowest BCUT2D eigenvalue weighted by Crippen LogP contribution is -2.39. The number of nitrogens with zero attached hydrogens (tertiary/aromatic N) is 3. The zero-order valence-corrected chi connectivity index (χ0v) is 20.5. The minimum Gasteiger partial charge on any atom is -0.463 e. The van der Waals surface area contributed by atoms with Crippen LogP contribution in [-0.2, 0) is 9.53 Å². The molecule has 1 aliphatic heterocycles. The quantitative estimate of drug-likeness (QED) is 0.487. The molecule has 2 aromatic heterocycles. The Labute approximate surface area is 197 Å². The van der Waals surface area contributed by atoms with Gasteiger partial charge in [-0.1, -0.05) is 23.5 Å². The molecule has 1 atom stereocenters. The van der Waals surface area contributed by atoms with E-state index >= 15 is 0 Å². The Bertz CT molecular complexity index is 1380. The monoisotopic (exact) mass is 515 g/mol. The van der Waals surface area contributed by atoms with E-state index in [4.69, 9.17) is 9.15 Å². The summed E-state index contributed by atoms with van der Waals surface area (Å²) in [4.78, 5) is 33.5. The molecule has 0 fully saturated rings. The minimum atomic E-state index is -0.632. The van der Waals surface area contributed by atoms with Crippen LogP contribution in [-0.4, -0.2) is 31.2 Å². The molecule has 3 aromatic rings. The fraction of sp³-hybridized carbons (Fsp3) is 0.261. The maximum absolute atomic E-state index is 13.5. The zero-order valence-electron chi connectivity index (χ0n) is 18.1. The summed E-state index contributed by atoms with van der Waals surface area (Å²) in [6.45, 7) is 3.76. The smallest absolute Gasteiger partial charge is 0.338 e. The lowest BCUT2D eigenvalue weighted by Gasteiger charge is -2.25. The van der Waals surface area contributed by atoms with Crippen LogP contribution < -0.4 is 19.8 Å². The van der Waals surface area contributed by atoms with Gasteiger partial charge in [0.15, 0.2) is 9.47 Å². The van der Waals surface area contributed by atoms with Crippen LogP contribution >= 0.6 is 27.3 Å². The zero-order chi connectivity index (χ0) is 23.0. The molecule has 3 heterocycles. The van der Waals surface area contributed by atoms with Gasteiger partial charge < -0.3 is 14.1 Å². The predicted octanol–water partition coefficient (Wildman–Crippen LogP) is 3.22. The predicted molar refractivity (Wildman–Crippen MR) is 128 cm³/mol. The molecule has 0 unspecified atom stereocenters. The van der Waals surface area contributed by atoms with Crippen LogP contribution in [0.1, 0.15) is 31.2 Å². The van der Waals surface area contributed by atoms with Gasteiger partial charge in [0.05, 0.1) is 28.5 Å². The third kappa shape index (κ3) is 4.10. The van der Waals surface area contributed by atoms with Gasteiger partial charge in [-0.2, -0.15) is 0 Å². The Kier molecular flexibility index (Phi) is 6.21. The van der Waals surface area contributed by atoms with Crippen molar-refractivity contribution in [1.29, 1.82) is 0 Å². The van der Waals surface area contributed by atoms with Crippen LogP contribution in [0.5, 0.6) is 0 Å². The van der Waals surface area contributed by atoms with Crippen LogP contribution in [0.2, 0.25) is 0 Å². The largest absolute Gasteiger partial charge is 0.463 e. The van der Waals surface area contributed by atoms with Crippen molar-refractivity contribution < 1.29 is 13.9 Å². The number of allylic oxidation sites excluding steroid dienone is 1. The maximum atomic E-state index is 13.5. The highest BCUT2D eigenvalue weighted by Gasteiger charge is 2.33. The molecular formula is C23H22BrN3O4S. The number of hydrogen-bond acceptors (Lipinski definition) is 7. The normalized spacial score (nSPS) is 16.0. The Hall–Kier alpha value is -2.91. The second kappa shape index (κ2) is 8.91. The number of benzene rings is 1. The minimum absolute atomic E-state index is 0.236. The van der Waals surface area contributed by atoms with Gasteiger partial charge in [-0.05, 0) is 59.6 Å². The van der Waals surface area contributed by atoms with Crippen LogP contribution in [0.25, 0.3) is 6.08 Å². The summed E-state index contributed by atoms with van der Waals surface area (Å²) in [6, 6.07) is 10.7. The van der Waals surface area contributed by atoms with E-state index in [0.717, 1.165) is 11.3 Å². The van der Waals surface area contributed by atoms with Crippen LogP contribution in [0.4, 0.5) is 5.69 Å². The number of anilines is 1. The Morgan fingerprint density at radius 1 is 1.28 bits per heavy atom. The van der Waals surface area contributed by atoms with Gasteiger partial charge in [0.1, 0.15) is 5.76 Å². The van der Waals surface area contributed by atoms with E-state index in [9.17, 15) is 9.59 Å². The molecule has 0 radical (unpaired) electrons. The topological polar surface area (TPSA) is 77.0 Å². The van der Waals surface area contributed by atoms with Gasteiger partial charge in [-0.3, -0.25) is 9.36 Å². The fourth-order valence-electron chi connectivity index (χ4n) is 3.60. The highest BCUT2D eigenvalue weighted by Crippen LogP contribution is 2.31. The number of halogens is 1. The van der Waals surface area contributed by atoms with Gasteiger partial charge in [0.25, 0.3) is 5.56 Å². The van der Waals surface area contributed by atoms with Crippen molar-refractivity contribution in [2.45, 2.75) is 19.9 Å². The lowest BCUT2D eigenvalue weighted by molar-refractivity contribution is -0.139. The number of ether oxygens (including phenoxy) is 1. The summed E-state index contributed by atoms with van der Waals surface area (Å²) in [5.74, 6) is 0.0787. The molecule has 0 N–H and O–H groups in total. The Balaban J connectivity index is 1.93. The first-order valence-corrected chi connectivity index (χ1v) is 11.6. The number of aromatic nitrogens is 1. The first-order valence-electron chi connectivity index (χ1n) is 10.0. The molecule has 1 aromatic carbocycles. The summed E-state index contributed by atoms with van der Waals surface area (Å²) in [5, 5.41) is 0. The second-order valence-electron chi connectivity index (χ2n) is 7.43. The van der Waals surface area contributed by atoms with E-state index in [1.54, 1.807) is 36.6 Å². The molecule has 0 saturated carbocycles. The van der Waals surface area contributed by atoms with Gasteiger partial charge >= 0.3 is 5.97 Å². The van der Waals surface area contributed by atoms with Gasteiger partial charge in [-0.25, -0.2) is 9.79 Å². The third-order valence-electron chi connectivity index (χ3n) is 5.11. The molecule has 0 spiro atoms. The van der Waals surface area contributed by atoms with E-state index in [2.05, 4.69) is 20.9 Å². The summed E-state index contributed by atoms with van der Waals surface area (Å²) in [7, 11) is 3.92. The highest BCUT2D eigenvalue weighted by molar-refractivity contribution is 9.10. The van der Waals surface area contributed by atoms with Crippen molar-refractivity contribution in [2.24, 2.45) is 4.99 Å². The first kappa shape index (κ1) is 22.3. The van der Waals surface area contributed by atoms with Crippen LogP contribution in [0.15, 0.2) is 66.5 Å². The number of fused-ring (bicyclic) bond motifs is 1. The molecule has 4 rings (SSSR count). The molecule has 32 heavy (non-hydrogen) atoms. The van der Waals surface area contributed by atoms with Crippen molar-refractivity contribution in [1.82, 2.24) is 4.57 Å². The second-order valence-corrected chi connectivity index (χ2v) is 9.22. The number of esters is 1. The lowest BCUT2D eigenvalue weighted by atomic mass is 9.95. The first-order chi connectivity index (χ1) is 15.3. The average Bonchev–Trinajstić information content (AvgIpc) is 3.30. The number of thiazole rings is 1. The van der Waals surface area contributed by atoms with Gasteiger partial charge in [-0.15, -0.1) is 0 Å². The van der Waals surface area contributed by atoms with Crippen molar-refractivity contribution >= 4 is 45.0 Å². The van der Waals surface area contributed by atoms with E-state index in [-0.39, 0.29) is 12.2 Å². The number of rotatable bonds is 5. The Morgan fingerprint density at radius 3 is 2.59 bits per heavy atom. The molecule has 0 bridgehead atoms. The summed E-state index contributed by atoms with van der Waals surface area (Å²) >= 11 is 4.54. The van der Waals surface area contributed by atoms with Crippen molar-refractivity contribution in [3.05, 3.63) is 83.3 Å². The average molecular weight is 516 g/mol.